The molecule has 0 fully saturated rings. The van der Waals surface area contributed by atoms with Crippen LogP contribution in [0.5, 0.6) is 0 Å². The Kier molecular flexibility index (Phi) is 11.1. The van der Waals surface area contributed by atoms with E-state index >= 15 is 0 Å². The van der Waals surface area contributed by atoms with Crippen LogP contribution in [-0.2, 0) is 0 Å². The zero-order valence-corrected chi connectivity index (χ0v) is 36.2. The number of hydrogen-bond donors (Lipinski definition) is 0. The Balaban J connectivity index is 1.51. The Morgan fingerprint density at radius 1 is 0.393 bits per heavy atom. The van der Waals surface area contributed by atoms with Crippen molar-refractivity contribution in [3.8, 4) is 0 Å². The molecule has 0 aromatic heterocycles. The minimum absolute atomic E-state index is 0.111. The van der Waals surface area contributed by atoms with Gasteiger partial charge in [-0.2, -0.15) is 0 Å². The summed E-state index contributed by atoms with van der Waals surface area (Å²) in [7, 11) is 0. The van der Waals surface area contributed by atoms with E-state index in [4.69, 9.17) is 0 Å². The predicted octanol–water partition coefficient (Wildman–Crippen LogP) is 14.3. The zero-order valence-electron chi connectivity index (χ0n) is 36.2. The Bertz CT molecular complexity index is 2620. The molecule has 0 bridgehead atoms. The highest BCUT2D eigenvalue weighted by molar-refractivity contribution is 6.99. The Morgan fingerprint density at radius 2 is 0.787 bits per heavy atom. The number of fused-ring (bicyclic) bond motifs is 2. The van der Waals surface area contributed by atoms with Crippen LogP contribution in [0.15, 0.2) is 200 Å². The number of nitrogens with zero attached hydrogens (tertiary/aromatic N) is 3. The van der Waals surface area contributed by atoms with E-state index < -0.39 is 0 Å². The lowest BCUT2D eigenvalue weighted by Gasteiger charge is -2.43. The maximum atomic E-state index is 2.54. The van der Waals surface area contributed by atoms with Crippen LogP contribution in [0, 0.1) is 0 Å². The molecule has 0 atom stereocenters. The molecule has 4 heteroatoms. The van der Waals surface area contributed by atoms with E-state index in [1.165, 1.54) is 38.8 Å². The van der Waals surface area contributed by atoms with Crippen LogP contribution in [0.25, 0.3) is 0 Å². The third kappa shape index (κ3) is 7.42. The van der Waals surface area contributed by atoms with E-state index in [0.717, 1.165) is 45.5 Å². The van der Waals surface area contributed by atoms with Crippen molar-refractivity contribution >= 4 is 74.3 Å². The first-order chi connectivity index (χ1) is 29.8. The van der Waals surface area contributed by atoms with Gasteiger partial charge in [0, 0.05) is 39.8 Å². The fraction of sp³-hybridized carbons (Fsp3) is 0.158. The first-order valence-electron chi connectivity index (χ1n) is 21.9. The summed E-state index contributed by atoms with van der Waals surface area (Å²) in [6.45, 7) is 14.1. The highest BCUT2D eigenvalue weighted by atomic mass is 15.2. The van der Waals surface area contributed by atoms with Gasteiger partial charge in [0.15, 0.2) is 0 Å². The van der Waals surface area contributed by atoms with Crippen LogP contribution in [0.2, 0.25) is 0 Å². The van der Waals surface area contributed by atoms with Gasteiger partial charge in [0.05, 0.1) is 11.4 Å². The van der Waals surface area contributed by atoms with Crippen molar-refractivity contribution in [2.75, 3.05) is 14.7 Å². The Morgan fingerprint density at radius 3 is 1.23 bits per heavy atom. The van der Waals surface area contributed by atoms with Crippen LogP contribution in [0.4, 0.5) is 51.2 Å². The molecule has 3 nitrogen and oxygen atoms in total. The SMILES string of the molecule is CC(C)c1cc(C(C)C)c(B2c3ccccc3N(c3ccccc3)c3c(N(c4ccccc4)c4ccccc4)ccc(N(c4ccccc4)c4ccccc4)c32)c(C(C)C)c1. The molecule has 1 heterocycles. The fourth-order valence-electron chi connectivity index (χ4n) is 9.34. The summed E-state index contributed by atoms with van der Waals surface area (Å²) in [6, 6.07) is 73.4. The lowest BCUT2D eigenvalue weighted by Crippen LogP contribution is -2.60. The van der Waals surface area contributed by atoms with Gasteiger partial charge in [0.2, 0.25) is 6.71 Å². The second kappa shape index (κ2) is 17.1. The van der Waals surface area contributed by atoms with Crippen molar-refractivity contribution in [3.05, 3.63) is 217 Å². The average molecular weight is 792 g/mol. The smallest absolute Gasteiger partial charge is 0.250 e. The third-order valence-electron chi connectivity index (χ3n) is 12.2. The molecule has 9 rings (SSSR count). The molecule has 0 aliphatic carbocycles. The molecule has 1 aliphatic heterocycles. The third-order valence-corrected chi connectivity index (χ3v) is 12.2. The van der Waals surface area contributed by atoms with Gasteiger partial charge in [-0.1, -0.05) is 168 Å². The Labute approximate surface area is 363 Å². The molecule has 0 saturated carbocycles. The van der Waals surface area contributed by atoms with E-state index in [-0.39, 0.29) is 6.71 Å². The molecule has 1 aliphatic rings. The quantitative estimate of drug-likeness (QED) is 0.121. The molecule has 8 aromatic carbocycles. The van der Waals surface area contributed by atoms with Gasteiger partial charge in [-0.05, 0) is 124 Å². The second-order valence-electron chi connectivity index (χ2n) is 17.1. The van der Waals surface area contributed by atoms with E-state index in [0.29, 0.717) is 17.8 Å². The summed E-state index contributed by atoms with van der Waals surface area (Å²) in [5.74, 6) is 0.998. The Hall–Kier alpha value is -6.78. The van der Waals surface area contributed by atoms with Crippen LogP contribution in [0.1, 0.15) is 76.0 Å². The highest BCUT2D eigenvalue weighted by Gasteiger charge is 2.43. The minimum Gasteiger partial charge on any atom is -0.311 e. The lowest BCUT2D eigenvalue weighted by atomic mass is 9.32. The van der Waals surface area contributed by atoms with Gasteiger partial charge < -0.3 is 14.7 Å². The highest BCUT2D eigenvalue weighted by Crippen LogP contribution is 2.49. The number of hydrogen-bond acceptors (Lipinski definition) is 3. The molecule has 300 valence electrons. The topological polar surface area (TPSA) is 9.72 Å². The molecule has 0 spiro atoms. The van der Waals surface area contributed by atoms with Crippen molar-refractivity contribution in [2.24, 2.45) is 0 Å². The number of rotatable bonds is 11. The predicted molar refractivity (Wildman–Crippen MR) is 264 cm³/mol. The largest absolute Gasteiger partial charge is 0.311 e. The van der Waals surface area contributed by atoms with E-state index in [9.17, 15) is 0 Å². The van der Waals surface area contributed by atoms with Gasteiger partial charge >= 0.3 is 0 Å². The monoisotopic (exact) mass is 791 g/mol. The molecule has 8 aromatic rings. The summed E-state index contributed by atoms with van der Waals surface area (Å²) in [6.07, 6.45) is 0. The first-order valence-corrected chi connectivity index (χ1v) is 21.9. The summed E-state index contributed by atoms with van der Waals surface area (Å²) < 4.78 is 0. The van der Waals surface area contributed by atoms with Gasteiger partial charge in [-0.15, -0.1) is 0 Å². The second-order valence-corrected chi connectivity index (χ2v) is 17.1. The van der Waals surface area contributed by atoms with Gasteiger partial charge in [-0.25, -0.2) is 0 Å². The first kappa shape index (κ1) is 39.7. The van der Waals surface area contributed by atoms with Gasteiger partial charge in [0.25, 0.3) is 0 Å². The van der Waals surface area contributed by atoms with Crippen LogP contribution >= 0.6 is 0 Å². The summed E-state index contributed by atoms with van der Waals surface area (Å²) in [4.78, 5) is 7.47. The maximum Gasteiger partial charge on any atom is 0.250 e. The molecular weight excluding hydrogens is 737 g/mol. The van der Waals surface area contributed by atoms with Crippen molar-refractivity contribution in [1.82, 2.24) is 0 Å². The molecule has 0 amide bonds. The molecule has 61 heavy (non-hydrogen) atoms. The number of benzene rings is 8. The summed E-state index contributed by atoms with van der Waals surface area (Å²) in [5.41, 5.74) is 18.4. The standard InChI is InChI=1S/C57H54BN3/c1-40(2)43-38-49(41(3)4)55(50(39-43)42(5)6)58-51-34-22-23-35-52(51)61(48-32-20-11-21-33-48)57-54(60(46-28-16-9-17-29-46)47-30-18-10-19-31-47)37-36-53(56(57)58)59(44-24-12-7-13-25-44)45-26-14-8-15-27-45/h7-42H,1-6H3. The molecule has 0 unspecified atom stereocenters. The minimum atomic E-state index is -0.111. The van der Waals surface area contributed by atoms with Crippen molar-refractivity contribution in [2.45, 2.75) is 59.3 Å². The summed E-state index contributed by atoms with van der Waals surface area (Å²) >= 11 is 0. The fourth-order valence-corrected chi connectivity index (χ4v) is 9.34. The number of anilines is 9. The molecule has 0 N–H and O–H groups in total. The lowest BCUT2D eigenvalue weighted by molar-refractivity contribution is 0.812. The normalized spacial score (nSPS) is 12.1. The maximum absolute atomic E-state index is 2.54. The van der Waals surface area contributed by atoms with Gasteiger partial charge in [0.1, 0.15) is 0 Å². The number of para-hydroxylation sites is 6. The van der Waals surface area contributed by atoms with E-state index in [1.807, 2.05) is 0 Å². The van der Waals surface area contributed by atoms with E-state index in [2.05, 4.69) is 256 Å². The molecular formula is C57H54BN3. The zero-order chi connectivity index (χ0) is 42.0. The van der Waals surface area contributed by atoms with Crippen molar-refractivity contribution in [1.29, 1.82) is 0 Å². The average Bonchev–Trinajstić information content (AvgIpc) is 3.30. The van der Waals surface area contributed by atoms with Gasteiger partial charge in [-0.3, -0.25) is 0 Å². The van der Waals surface area contributed by atoms with Crippen molar-refractivity contribution in [3.63, 3.8) is 0 Å². The van der Waals surface area contributed by atoms with Crippen molar-refractivity contribution < 1.29 is 0 Å². The molecule has 0 radical (unpaired) electrons. The van der Waals surface area contributed by atoms with Crippen LogP contribution in [0.3, 0.4) is 0 Å². The summed E-state index contributed by atoms with van der Waals surface area (Å²) in [5, 5.41) is 0. The molecule has 0 saturated heterocycles. The van der Waals surface area contributed by atoms with E-state index in [1.54, 1.807) is 0 Å². The van der Waals surface area contributed by atoms with Crippen LogP contribution in [-0.4, -0.2) is 6.71 Å². The van der Waals surface area contributed by atoms with Crippen LogP contribution < -0.4 is 31.1 Å².